The molecule has 1 heterocycles. The highest BCUT2D eigenvalue weighted by Crippen LogP contribution is 2.17. The quantitative estimate of drug-likeness (QED) is 0.677. The first-order chi connectivity index (χ1) is 5.79. The molecule has 0 atom stereocenters. The number of amides is 4. The number of imide groups is 2. The molecule has 1 aliphatic heterocycles. The van der Waals surface area contributed by atoms with E-state index < -0.39 is 0 Å². The number of rotatable bonds is 1. The summed E-state index contributed by atoms with van der Waals surface area (Å²) in [6.45, 7) is 0. The van der Waals surface area contributed by atoms with Crippen molar-refractivity contribution in [3.63, 3.8) is 0 Å². The van der Waals surface area contributed by atoms with Gasteiger partial charge in [0.1, 0.15) is 0 Å². The van der Waals surface area contributed by atoms with E-state index in [1.807, 2.05) is 6.07 Å². The average Bonchev–Trinajstić information content (AvgIpc) is 2.05. The second-order valence-corrected chi connectivity index (χ2v) is 2.41. The van der Waals surface area contributed by atoms with E-state index >= 15 is 0 Å². The minimum Gasteiger partial charge on any atom is -0.258 e. The third kappa shape index (κ3) is 0.852. The van der Waals surface area contributed by atoms with E-state index in [0.717, 1.165) is 4.90 Å². The van der Waals surface area contributed by atoms with Gasteiger partial charge in [0.2, 0.25) is 0 Å². The first kappa shape index (κ1) is 6.84. The van der Waals surface area contributed by atoms with Gasteiger partial charge in [0, 0.05) is 0 Å². The number of carbonyl (C=O) groups is 2. The Morgan fingerprint density at radius 3 is 2.08 bits per heavy atom. The van der Waals surface area contributed by atoms with Crippen molar-refractivity contribution < 1.29 is 9.59 Å². The van der Waals surface area contributed by atoms with Crippen LogP contribution in [0.1, 0.15) is 0 Å². The fourth-order valence-corrected chi connectivity index (χ4v) is 1.05. The Labute approximate surface area is 68.8 Å². The molecule has 1 aliphatic rings. The lowest BCUT2D eigenvalue weighted by Gasteiger charge is -2.28. The van der Waals surface area contributed by atoms with E-state index in [1.54, 1.807) is 24.3 Å². The van der Waals surface area contributed by atoms with Crippen LogP contribution in [0, 0.1) is 0 Å². The highest BCUT2D eigenvalue weighted by molar-refractivity contribution is 6.28. The van der Waals surface area contributed by atoms with Gasteiger partial charge in [-0.2, -0.15) is 0 Å². The largest absolute Gasteiger partial charge is 0.338 e. The maximum atomic E-state index is 10.8. The molecule has 0 spiro atoms. The summed E-state index contributed by atoms with van der Waals surface area (Å²) < 4.78 is 0. The Balaban J connectivity index is 2.32. The lowest BCUT2D eigenvalue weighted by atomic mass is 10.3. The molecular formula is C8H6N2O2. The van der Waals surface area contributed by atoms with Gasteiger partial charge in [-0.25, -0.2) is 14.5 Å². The van der Waals surface area contributed by atoms with Crippen molar-refractivity contribution in [1.82, 2.24) is 5.32 Å². The normalized spacial score (nSPS) is 15.5. The van der Waals surface area contributed by atoms with E-state index in [-0.39, 0.29) is 12.1 Å². The molecular weight excluding hydrogens is 156 g/mol. The Morgan fingerprint density at radius 1 is 1.00 bits per heavy atom. The van der Waals surface area contributed by atoms with E-state index in [4.69, 9.17) is 0 Å². The Bertz CT molecular complexity index is 320. The Hall–Kier alpha value is -1.84. The first-order valence-corrected chi connectivity index (χ1v) is 3.49. The first-order valence-electron chi connectivity index (χ1n) is 3.49. The molecule has 4 nitrogen and oxygen atoms in total. The summed E-state index contributed by atoms with van der Waals surface area (Å²) in [7, 11) is 0. The number of para-hydroxylation sites is 1. The van der Waals surface area contributed by atoms with Crippen molar-refractivity contribution in [2.75, 3.05) is 4.90 Å². The highest BCUT2D eigenvalue weighted by Gasteiger charge is 2.34. The fraction of sp³-hybridized carbons (Fsp3) is 0. The maximum Gasteiger partial charge on any atom is 0.338 e. The molecule has 4 amide bonds. The van der Waals surface area contributed by atoms with E-state index in [0.29, 0.717) is 5.69 Å². The van der Waals surface area contributed by atoms with Crippen molar-refractivity contribution >= 4 is 17.7 Å². The number of urea groups is 2. The zero-order valence-corrected chi connectivity index (χ0v) is 6.15. The van der Waals surface area contributed by atoms with Gasteiger partial charge in [0.05, 0.1) is 5.69 Å². The van der Waals surface area contributed by atoms with Gasteiger partial charge in [0.15, 0.2) is 0 Å². The highest BCUT2D eigenvalue weighted by atomic mass is 16.2. The smallest absolute Gasteiger partial charge is 0.258 e. The molecule has 4 heteroatoms. The van der Waals surface area contributed by atoms with Gasteiger partial charge in [0.25, 0.3) is 0 Å². The zero-order chi connectivity index (χ0) is 8.55. The average molecular weight is 162 g/mol. The Morgan fingerprint density at radius 2 is 1.58 bits per heavy atom. The molecule has 1 aromatic carbocycles. The lowest BCUT2D eigenvalue weighted by molar-refractivity contribution is 0.218. The third-order valence-electron chi connectivity index (χ3n) is 1.63. The van der Waals surface area contributed by atoms with Crippen molar-refractivity contribution in [2.45, 2.75) is 0 Å². The second kappa shape index (κ2) is 2.34. The van der Waals surface area contributed by atoms with E-state index in [9.17, 15) is 9.59 Å². The van der Waals surface area contributed by atoms with Gasteiger partial charge in [-0.3, -0.25) is 5.32 Å². The number of nitrogens with one attached hydrogen (secondary N) is 1. The molecule has 1 aromatic rings. The van der Waals surface area contributed by atoms with Gasteiger partial charge < -0.3 is 0 Å². The number of carbonyl (C=O) groups excluding carboxylic acids is 2. The van der Waals surface area contributed by atoms with Crippen LogP contribution in [0.4, 0.5) is 15.3 Å². The third-order valence-corrected chi connectivity index (χ3v) is 1.63. The summed E-state index contributed by atoms with van der Waals surface area (Å²) in [6, 6.07) is 8.04. The van der Waals surface area contributed by atoms with E-state index in [1.165, 1.54) is 0 Å². The zero-order valence-electron chi connectivity index (χ0n) is 6.15. The van der Waals surface area contributed by atoms with E-state index in [2.05, 4.69) is 5.32 Å². The molecule has 60 valence electrons. The molecule has 0 aliphatic carbocycles. The van der Waals surface area contributed by atoms with Gasteiger partial charge in [-0.15, -0.1) is 0 Å². The molecule has 1 fully saturated rings. The second-order valence-electron chi connectivity index (χ2n) is 2.41. The maximum absolute atomic E-state index is 10.8. The number of anilines is 1. The monoisotopic (exact) mass is 162 g/mol. The molecule has 12 heavy (non-hydrogen) atoms. The van der Waals surface area contributed by atoms with Crippen LogP contribution in [-0.4, -0.2) is 12.1 Å². The van der Waals surface area contributed by atoms with Gasteiger partial charge in [-0.05, 0) is 12.1 Å². The molecule has 0 aromatic heterocycles. The van der Waals surface area contributed by atoms with Crippen LogP contribution in [-0.2, 0) is 0 Å². The van der Waals surface area contributed by atoms with Gasteiger partial charge >= 0.3 is 12.1 Å². The summed E-state index contributed by atoms with van der Waals surface area (Å²) in [4.78, 5) is 22.8. The molecule has 2 rings (SSSR count). The van der Waals surface area contributed by atoms with Crippen molar-refractivity contribution in [3.05, 3.63) is 30.3 Å². The summed E-state index contributed by atoms with van der Waals surface area (Å²) in [5.74, 6) is 0. The van der Waals surface area contributed by atoms with Crippen LogP contribution < -0.4 is 10.2 Å². The molecule has 0 radical (unpaired) electrons. The predicted molar refractivity (Wildman–Crippen MR) is 42.8 cm³/mol. The summed E-state index contributed by atoms with van der Waals surface area (Å²) >= 11 is 0. The molecule has 0 bridgehead atoms. The number of hydrogen-bond donors (Lipinski definition) is 1. The standard InChI is InChI=1S/C8H6N2O2/c11-7-9-8(12)10(7)6-4-2-1-3-5-6/h1-5H,(H,9,11,12). The minimum atomic E-state index is -0.369. The molecule has 0 saturated carbocycles. The number of benzene rings is 1. The summed E-state index contributed by atoms with van der Waals surface area (Å²) in [5.41, 5.74) is 0.603. The van der Waals surface area contributed by atoms with Crippen LogP contribution in [0.3, 0.4) is 0 Å². The van der Waals surface area contributed by atoms with Crippen molar-refractivity contribution in [2.24, 2.45) is 0 Å². The Kier molecular flexibility index (Phi) is 1.33. The number of nitrogens with zero attached hydrogens (tertiary/aromatic N) is 1. The summed E-state index contributed by atoms with van der Waals surface area (Å²) in [5, 5.41) is 2.10. The predicted octanol–water partition coefficient (Wildman–Crippen LogP) is 1.34. The molecule has 1 saturated heterocycles. The van der Waals surface area contributed by atoms with Crippen molar-refractivity contribution in [1.29, 1.82) is 0 Å². The molecule has 1 N–H and O–H groups in total. The minimum absolute atomic E-state index is 0.369. The molecule has 0 unspecified atom stereocenters. The van der Waals surface area contributed by atoms with Crippen LogP contribution in [0.15, 0.2) is 30.3 Å². The SMILES string of the molecule is O=C1NC(=O)N1c1ccccc1. The van der Waals surface area contributed by atoms with Crippen LogP contribution in [0.5, 0.6) is 0 Å². The fourth-order valence-electron chi connectivity index (χ4n) is 1.05. The van der Waals surface area contributed by atoms with Crippen LogP contribution in [0.25, 0.3) is 0 Å². The lowest BCUT2D eigenvalue weighted by Crippen LogP contribution is -2.61. The topological polar surface area (TPSA) is 49.4 Å². The van der Waals surface area contributed by atoms with Crippen LogP contribution in [0.2, 0.25) is 0 Å². The number of hydrogen-bond acceptors (Lipinski definition) is 2. The van der Waals surface area contributed by atoms with Crippen molar-refractivity contribution in [3.8, 4) is 0 Å². The van der Waals surface area contributed by atoms with Crippen LogP contribution >= 0.6 is 0 Å². The summed E-state index contributed by atoms with van der Waals surface area (Å²) in [6.07, 6.45) is 0. The van der Waals surface area contributed by atoms with Gasteiger partial charge in [-0.1, -0.05) is 18.2 Å².